The number of thiophene rings is 1. The maximum Gasteiger partial charge on any atom is 0.393 e. The molecular formula is C25H34N4O5S2. The van der Waals surface area contributed by atoms with Crippen molar-refractivity contribution in [2.24, 2.45) is 10.9 Å². The van der Waals surface area contributed by atoms with Gasteiger partial charge in [0.05, 0.1) is 10.6 Å². The number of carboxylic acids is 1. The Kier molecular flexibility index (Phi) is 8.34. The van der Waals surface area contributed by atoms with Crippen LogP contribution in [0.2, 0.25) is 0 Å². The summed E-state index contributed by atoms with van der Waals surface area (Å²) in [7, 11) is -3.86. The molecule has 1 fully saturated rings. The lowest BCUT2D eigenvalue weighted by Gasteiger charge is -2.25. The number of anilines is 1. The van der Waals surface area contributed by atoms with Crippen molar-refractivity contribution in [2.45, 2.75) is 81.3 Å². The number of nitrogens with one attached hydrogen (secondary N) is 3. The molecule has 9 nitrogen and oxygen atoms in total. The monoisotopic (exact) mass is 534 g/mol. The summed E-state index contributed by atoms with van der Waals surface area (Å²) in [5.41, 5.74) is 2.92. The molecule has 1 aromatic carbocycles. The van der Waals surface area contributed by atoms with E-state index in [2.05, 4.69) is 27.4 Å². The molecule has 2 atom stereocenters. The molecule has 0 radical (unpaired) electrons. The summed E-state index contributed by atoms with van der Waals surface area (Å²) < 4.78 is 29.3. The summed E-state index contributed by atoms with van der Waals surface area (Å²) in [4.78, 5) is 20.9. The second kappa shape index (κ2) is 11.3. The zero-order valence-corrected chi connectivity index (χ0v) is 22.3. The van der Waals surface area contributed by atoms with Crippen molar-refractivity contribution in [3.8, 4) is 0 Å². The van der Waals surface area contributed by atoms with Gasteiger partial charge in [-0.1, -0.05) is 57.2 Å². The van der Waals surface area contributed by atoms with E-state index in [0.717, 1.165) is 29.2 Å². The second-order valence-corrected chi connectivity index (χ2v) is 12.5. The van der Waals surface area contributed by atoms with Crippen molar-refractivity contribution in [1.29, 1.82) is 0 Å². The van der Waals surface area contributed by atoms with Crippen LogP contribution in [0.4, 0.5) is 5.69 Å². The van der Waals surface area contributed by atoms with E-state index in [1.165, 1.54) is 38.2 Å². The Labute approximate surface area is 216 Å². The van der Waals surface area contributed by atoms with Crippen LogP contribution in [0.25, 0.3) is 0 Å². The molecule has 11 heteroatoms. The van der Waals surface area contributed by atoms with Crippen molar-refractivity contribution in [2.75, 3.05) is 4.72 Å². The van der Waals surface area contributed by atoms with E-state index >= 15 is 0 Å². The predicted octanol–water partition coefficient (Wildman–Crippen LogP) is 4.58. The van der Waals surface area contributed by atoms with Gasteiger partial charge in [-0.25, -0.2) is 18.2 Å². The summed E-state index contributed by atoms with van der Waals surface area (Å²) in [6.07, 6.45) is 8.10. The maximum atomic E-state index is 13.2. The van der Waals surface area contributed by atoms with E-state index in [-0.39, 0.29) is 4.21 Å². The maximum absolute atomic E-state index is 13.2. The molecule has 4 rings (SSSR count). The van der Waals surface area contributed by atoms with Gasteiger partial charge in [0.2, 0.25) is 0 Å². The number of rotatable bonds is 11. The predicted molar refractivity (Wildman–Crippen MR) is 140 cm³/mol. The average molecular weight is 535 g/mol. The number of carbonyl (C=O) groups is 1. The van der Waals surface area contributed by atoms with Crippen molar-refractivity contribution >= 4 is 38.9 Å². The quantitative estimate of drug-likeness (QED) is 0.332. The number of nitrogens with zero attached hydrogens (tertiary/aromatic N) is 1. The Hall–Kier alpha value is -2.47. The first-order valence-electron chi connectivity index (χ1n) is 12.4. The fourth-order valence-corrected chi connectivity index (χ4v) is 7.38. The highest BCUT2D eigenvalue weighted by Crippen LogP contribution is 2.37. The van der Waals surface area contributed by atoms with Gasteiger partial charge in [-0.15, -0.1) is 16.8 Å². The normalized spacial score (nSPS) is 21.6. The molecule has 196 valence electrons. The number of hydrogen-bond acceptors (Lipinski definition) is 8. The second-order valence-electron chi connectivity index (χ2n) is 9.54. The van der Waals surface area contributed by atoms with Gasteiger partial charge >= 0.3 is 11.9 Å². The van der Waals surface area contributed by atoms with Crippen molar-refractivity contribution in [1.82, 2.24) is 10.8 Å². The summed E-state index contributed by atoms with van der Waals surface area (Å²) in [6, 6.07) is 10.9. The van der Waals surface area contributed by atoms with Gasteiger partial charge in [-0.3, -0.25) is 4.72 Å². The van der Waals surface area contributed by atoms with Gasteiger partial charge in [0.1, 0.15) is 4.21 Å². The van der Waals surface area contributed by atoms with E-state index < -0.39 is 27.6 Å². The van der Waals surface area contributed by atoms with Crippen LogP contribution in [0.5, 0.6) is 0 Å². The molecule has 1 saturated carbocycles. The summed E-state index contributed by atoms with van der Waals surface area (Å²) in [6.45, 7) is 4.57. The third-order valence-corrected chi connectivity index (χ3v) is 9.97. The fourth-order valence-electron chi connectivity index (χ4n) is 4.82. The number of hydroxylamine groups is 1. The van der Waals surface area contributed by atoms with Crippen LogP contribution < -0.4 is 15.5 Å². The molecule has 2 aromatic rings. The molecule has 1 aliphatic carbocycles. The van der Waals surface area contributed by atoms with Crippen molar-refractivity contribution in [3.05, 3.63) is 46.8 Å². The highest BCUT2D eigenvalue weighted by atomic mass is 32.2. The lowest BCUT2D eigenvalue weighted by molar-refractivity contribution is -0.131. The molecule has 2 heterocycles. The van der Waals surface area contributed by atoms with Gasteiger partial charge in [-0.2, -0.15) is 0 Å². The number of hydrogen-bond donors (Lipinski definition) is 4. The van der Waals surface area contributed by atoms with Gasteiger partial charge in [0, 0.05) is 12.6 Å². The van der Waals surface area contributed by atoms with Crippen LogP contribution in [0.3, 0.4) is 0 Å². The van der Waals surface area contributed by atoms with Crippen LogP contribution in [0, 0.1) is 5.92 Å². The number of carboxylic acid groups (broad SMARTS) is 1. The molecule has 0 spiro atoms. The third kappa shape index (κ3) is 6.08. The minimum absolute atomic E-state index is 0.111. The van der Waals surface area contributed by atoms with E-state index in [4.69, 9.17) is 9.94 Å². The average Bonchev–Trinajstić information content (AvgIpc) is 3.53. The summed E-state index contributed by atoms with van der Waals surface area (Å²) in [5.74, 6) is -0.973. The zero-order chi connectivity index (χ0) is 25.8. The highest BCUT2D eigenvalue weighted by molar-refractivity contribution is 7.94. The Bertz CT molecular complexity index is 1210. The smallest absolute Gasteiger partial charge is 0.393 e. The molecular weight excluding hydrogens is 500 g/mol. The molecule has 1 aliphatic heterocycles. The van der Waals surface area contributed by atoms with Crippen LogP contribution in [0.15, 0.2) is 45.6 Å². The van der Waals surface area contributed by atoms with Crippen molar-refractivity contribution in [3.63, 3.8) is 0 Å². The van der Waals surface area contributed by atoms with Gasteiger partial charge < -0.3 is 15.3 Å². The van der Waals surface area contributed by atoms with E-state index in [1.807, 2.05) is 19.1 Å². The number of sulfonamides is 1. The minimum Gasteiger partial charge on any atom is -0.474 e. The topological polar surface area (TPSA) is 129 Å². The summed E-state index contributed by atoms with van der Waals surface area (Å²) >= 11 is 1.03. The largest absolute Gasteiger partial charge is 0.474 e. The van der Waals surface area contributed by atoms with Crippen molar-refractivity contribution < 1.29 is 23.2 Å². The first kappa shape index (κ1) is 26.6. The van der Waals surface area contributed by atoms with Crippen LogP contribution in [-0.2, 0) is 31.9 Å². The van der Waals surface area contributed by atoms with Crippen LogP contribution >= 0.6 is 11.3 Å². The molecule has 1 aromatic heterocycles. The van der Waals surface area contributed by atoms with Crippen LogP contribution in [-0.4, -0.2) is 31.4 Å². The Balaban J connectivity index is 1.45. The molecule has 4 N–H and O–H groups in total. The SMILES string of the molecule is CCC1(c2ccc(S(=O)(=O)Nc3ccccc3CN[C@@H](C)CC3CCCCC3)s2)N=C(C(=O)O)ON1. The lowest BCUT2D eigenvalue weighted by Crippen LogP contribution is -2.34. The Morgan fingerprint density at radius 3 is 2.69 bits per heavy atom. The fraction of sp³-hybridized carbons (Fsp3) is 0.520. The molecule has 2 aliphatic rings. The standard InChI is InChI=1S/C25H34N4O5S2/c1-3-25(27-23(24(30)31)34-29-25)21-13-14-22(35-21)36(32,33)28-20-12-8-7-11-19(20)16-26-17(2)15-18-9-5-4-6-10-18/h7-8,11-14,17-18,26,28-29H,3-6,9-10,15-16H2,1-2H3,(H,30,31)/t17-,25?/m0/s1. The Morgan fingerprint density at radius 2 is 2.00 bits per heavy atom. The third-order valence-electron chi connectivity index (χ3n) is 6.87. The van der Waals surface area contributed by atoms with E-state index in [1.54, 1.807) is 18.2 Å². The molecule has 36 heavy (non-hydrogen) atoms. The van der Waals surface area contributed by atoms with Gasteiger partial charge in [0.15, 0.2) is 5.66 Å². The number of aliphatic imine (C=N–C) groups is 1. The lowest BCUT2D eigenvalue weighted by atomic mass is 9.85. The van der Waals surface area contributed by atoms with E-state index in [0.29, 0.717) is 29.6 Å². The Morgan fingerprint density at radius 1 is 1.25 bits per heavy atom. The van der Waals surface area contributed by atoms with Gasteiger partial charge in [0.25, 0.3) is 10.0 Å². The highest BCUT2D eigenvalue weighted by Gasteiger charge is 2.41. The first-order valence-corrected chi connectivity index (χ1v) is 14.7. The van der Waals surface area contributed by atoms with Crippen LogP contribution in [0.1, 0.15) is 69.2 Å². The molecule has 1 unspecified atom stereocenters. The molecule has 0 amide bonds. The molecule has 0 saturated heterocycles. The van der Waals surface area contributed by atoms with E-state index in [9.17, 15) is 13.2 Å². The minimum atomic E-state index is -3.86. The molecule has 0 bridgehead atoms. The number of aliphatic carboxylic acids is 1. The first-order chi connectivity index (χ1) is 17.2. The number of benzene rings is 1. The number of para-hydroxylation sites is 1. The van der Waals surface area contributed by atoms with Gasteiger partial charge in [-0.05, 0) is 49.4 Å². The summed E-state index contributed by atoms with van der Waals surface area (Å²) in [5, 5.41) is 12.7. The zero-order valence-electron chi connectivity index (χ0n) is 20.6.